The molecule has 2 N–H and O–H groups in total. The lowest BCUT2D eigenvalue weighted by Gasteiger charge is -2.05. The van der Waals surface area contributed by atoms with E-state index in [-0.39, 0.29) is 5.56 Å². The Hall–Kier alpha value is -1.69. The number of nitrogens with zero attached hydrogens (tertiary/aromatic N) is 2. The second-order valence-electron chi connectivity index (χ2n) is 5.02. The summed E-state index contributed by atoms with van der Waals surface area (Å²) in [5.41, 5.74) is 1.39. The van der Waals surface area contributed by atoms with Crippen LogP contribution in [0.4, 0.5) is 5.13 Å². The highest BCUT2D eigenvalue weighted by Crippen LogP contribution is 2.24. The molecular formula is C13H18N4OS. The number of aromatic nitrogens is 3. The first-order valence-corrected chi connectivity index (χ1v) is 7.12. The summed E-state index contributed by atoms with van der Waals surface area (Å²) in [5.74, 6) is 0.300. The van der Waals surface area contributed by atoms with Gasteiger partial charge in [0.15, 0.2) is 5.01 Å². The van der Waals surface area contributed by atoms with Crippen molar-refractivity contribution in [3.05, 3.63) is 28.2 Å². The van der Waals surface area contributed by atoms with Crippen molar-refractivity contribution < 1.29 is 0 Å². The topological polar surface area (TPSA) is 70.7 Å². The predicted molar refractivity (Wildman–Crippen MR) is 78.8 cm³/mol. The number of rotatable bonds is 4. The smallest absolute Gasteiger partial charge is 0.258 e. The van der Waals surface area contributed by atoms with Gasteiger partial charge in [-0.25, -0.2) is 0 Å². The zero-order valence-electron chi connectivity index (χ0n) is 11.5. The summed E-state index contributed by atoms with van der Waals surface area (Å²) >= 11 is 1.39. The second-order valence-corrected chi connectivity index (χ2v) is 6.00. The van der Waals surface area contributed by atoms with Crippen LogP contribution in [-0.4, -0.2) is 21.2 Å². The number of H-pyrrole nitrogens is 1. The zero-order chi connectivity index (χ0) is 14.0. The fourth-order valence-electron chi connectivity index (χ4n) is 1.63. The summed E-state index contributed by atoms with van der Waals surface area (Å²) in [6.45, 7) is 8.15. The molecule has 102 valence electrons. The highest BCUT2D eigenvalue weighted by molar-refractivity contribution is 7.18. The van der Waals surface area contributed by atoms with Crippen LogP contribution in [0.5, 0.6) is 0 Å². The number of nitrogens with one attached hydrogen (secondary N) is 2. The third kappa shape index (κ3) is 3.20. The Labute approximate surface area is 116 Å². The average molecular weight is 278 g/mol. The van der Waals surface area contributed by atoms with Gasteiger partial charge < -0.3 is 10.3 Å². The number of hydrogen-bond acceptors (Lipinski definition) is 5. The quantitative estimate of drug-likeness (QED) is 0.902. The zero-order valence-corrected chi connectivity index (χ0v) is 12.3. The first kappa shape index (κ1) is 13.7. The minimum atomic E-state index is -0.113. The Balaban J connectivity index is 2.32. The van der Waals surface area contributed by atoms with E-state index in [9.17, 15) is 4.79 Å². The molecule has 0 fully saturated rings. The lowest BCUT2D eigenvalue weighted by molar-refractivity contribution is 0.816. The van der Waals surface area contributed by atoms with Crippen molar-refractivity contribution in [2.75, 3.05) is 5.32 Å². The fourth-order valence-corrected chi connectivity index (χ4v) is 2.54. The largest absolute Gasteiger partial charge is 0.358 e. The Morgan fingerprint density at radius 2 is 1.95 bits per heavy atom. The van der Waals surface area contributed by atoms with Gasteiger partial charge in [-0.3, -0.25) is 4.79 Å². The lowest BCUT2D eigenvalue weighted by atomic mass is 10.1. The van der Waals surface area contributed by atoms with Crippen LogP contribution in [0.15, 0.2) is 16.9 Å². The molecule has 0 unspecified atom stereocenters. The van der Waals surface area contributed by atoms with Crippen LogP contribution in [0.3, 0.4) is 0 Å². The third-order valence-electron chi connectivity index (χ3n) is 2.62. The monoisotopic (exact) mass is 278 g/mol. The molecular weight excluding hydrogens is 260 g/mol. The van der Waals surface area contributed by atoms with E-state index < -0.39 is 0 Å². The Morgan fingerprint density at radius 1 is 1.21 bits per heavy atom. The van der Waals surface area contributed by atoms with Crippen LogP contribution in [0.2, 0.25) is 0 Å². The van der Waals surface area contributed by atoms with Gasteiger partial charge in [-0.15, -0.1) is 10.2 Å². The number of hydrogen-bond donors (Lipinski definition) is 2. The molecule has 0 aliphatic rings. The Kier molecular flexibility index (Phi) is 3.99. The van der Waals surface area contributed by atoms with Gasteiger partial charge in [-0.1, -0.05) is 25.2 Å². The Morgan fingerprint density at radius 3 is 2.53 bits per heavy atom. The maximum atomic E-state index is 12.0. The van der Waals surface area contributed by atoms with E-state index in [0.717, 1.165) is 10.8 Å². The highest BCUT2D eigenvalue weighted by atomic mass is 32.1. The molecule has 19 heavy (non-hydrogen) atoms. The summed E-state index contributed by atoms with van der Waals surface area (Å²) in [6, 6.07) is 4.04. The predicted octanol–water partition coefficient (Wildman–Crippen LogP) is 2.84. The van der Waals surface area contributed by atoms with E-state index in [1.54, 1.807) is 0 Å². The van der Waals surface area contributed by atoms with Crippen LogP contribution < -0.4 is 10.9 Å². The van der Waals surface area contributed by atoms with Crippen LogP contribution in [0, 0.1) is 0 Å². The van der Waals surface area contributed by atoms with Crippen LogP contribution >= 0.6 is 11.3 Å². The molecule has 0 spiro atoms. The molecule has 0 saturated carbocycles. The van der Waals surface area contributed by atoms with Crippen LogP contribution in [0.25, 0.3) is 10.6 Å². The first-order chi connectivity index (χ1) is 8.97. The molecule has 0 aliphatic carbocycles. The molecule has 0 saturated heterocycles. The Bertz CT molecular complexity index is 615. The number of pyridine rings is 1. The standard InChI is InChI=1S/C13H18N4OS/c1-7(2)10-6-5-9(11(18)15-10)12-16-17-13(19-12)14-8(3)4/h5-8H,1-4H3,(H,14,17)(H,15,18). The molecule has 0 atom stereocenters. The van der Waals surface area contributed by atoms with Gasteiger partial charge in [0, 0.05) is 11.7 Å². The second kappa shape index (κ2) is 5.52. The molecule has 2 rings (SSSR count). The van der Waals surface area contributed by atoms with E-state index >= 15 is 0 Å². The van der Waals surface area contributed by atoms with Gasteiger partial charge in [0.2, 0.25) is 5.13 Å². The van der Waals surface area contributed by atoms with Gasteiger partial charge in [-0.2, -0.15) is 0 Å². The molecule has 2 aromatic rings. The van der Waals surface area contributed by atoms with Gasteiger partial charge in [0.25, 0.3) is 5.56 Å². The molecule has 5 nitrogen and oxygen atoms in total. The molecule has 6 heteroatoms. The minimum absolute atomic E-state index is 0.113. The van der Waals surface area contributed by atoms with Crippen molar-refractivity contribution in [3.8, 4) is 10.6 Å². The van der Waals surface area contributed by atoms with E-state index in [1.807, 2.05) is 39.8 Å². The number of anilines is 1. The number of aromatic amines is 1. The van der Waals surface area contributed by atoms with Gasteiger partial charge in [0.05, 0.1) is 5.56 Å². The maximum Gasteiger partial charge on any atom is 0.258 e. The highest BCUT2D eigenvalue weighted by Gasteiger charge is 2.12. The molecule has 0 bridgehead atoms. The summed E-state index contributed by atoms with van der Waals surface area (Å²) in [7, 11) is 0. The molecule has 2 heterocycles. The van der Waals surface area contributed by atoms with Crippen LogP contribution in [0.1, 0.15) is 39.3 Å². The van der Waals surface area contributed by atoms with Crippen LogP contribution in [-0.2, 0) is 0 Å². The van der Waals surface area contributed by atoms with E-state index in [0.29, 0.717) is 22.5 Å². The minimum Gasteiger partial charge on any atom is -0.358 e. The third-order valence-corrected chi connectivity index (χ3v) is 3.51. The van der Waals surface area contributed by atoms with Crippen molar-refractivity contribution in [3.63, 3.8) is 0 Å². The normalized spacial score (nSPS) is 11.3. The summed E-state index contributed by atoms with van der Waals surface area (Å²) in [5, 5.41) is 12.6. The van der Waals surface area contributed by atoms with Crippen molar-refractivity contribution >= 4 is 16.5 Å². The SMILES string of the molecule is CC(C)Nc1nnc(-c2ccc(C(C)C)[nH]c2=O)s1. The summed E-state index contributed by atoms with van der Waals surface area (Å²) in [4.78, 5) is 14.9. The molecule has 0 aliphatic heterocycles. The molecule has 2 aromatic heterocycles. The average Bonchev–Trinajstić information content (AvgIpc) is 2.76. The van der Waals surface area contributed by atoms with Crippen molar-refractivity contribution in [1.82, 2.24) is 15.2 Å². The van der Waals surface area contributed by atoms with E-state index in [4.69, 9.17) is 0 Å². The maximum absolute atomic E-state index is 12.0. The van der Waals surface area contributed by atoms with Crippen molar-refractivity contribution in [2.45, 2.75) is 39.7 Å². The van der Waals surface area contributed by atoms with Crippen molar-refractivity contribution in [1.29, 1.82) is 0 Å². The molecule has 0 amide bonds. The van der Waals surface area contributed by atoms with E-state index in [1.165, 1.54) is 11.3 Å². The lowest BCUT2D eigenvalue weighted by Crippen LogP contribution is -2.11. The first-order valence-electron chi connectivity index (χ1n) is 6.31. The fraction of sp³-hybridized carbons (Fsp3) is 0.462. The van der Waals surface area contributed by atoms with Gasteiger partial charge >= 0.3 is 0 Å². The van der Waals surface area contributed by atoms with Gasteiger partial charge in [0.1, 0.15) is 0 Å². The summed E-state index contributed by atoms with van der Waals surface area (Å²) < 4.78 is 0. The van der Waals surface area contributed by atoms with Gasteiger partial charge in [-0.05, 0) is 31.9 Å². The molecule has 0 aromatic carbocycles. The molecule has 0 radical (unpaired) electrons. The van der Waals surface area contributed by atoms with E-state index in [2.05, 4.69) is 20.5 Å². The van der Waals surface area contributed by atoms with Crippen molar-refractivity contribution in [2.24, 2.45) is 0 Å². The summed E-state index contributed by atoms with van der Waals surface area (Å²) in [6.07, 6.45) is 0.